The Morgan fingerprint density at radius 1 is 1.21 bits per heavy atom. The van der Waals surface area contributed by atoms with Gasteiger partial charge in [0.25, 0.3) is 5.69 Å². The van der Waals surface area contributed by atoms with Crippen molar-refractivity contribution in [3.05, 3.63) is 58.8 Å². The number of nitrogens with zero attached hydrogens (tertiary/aromatic N) is 3. The minimum absolute atomic E-state index is 0.102. The molecule has 1 aromatic carbocycles. The predicted octanol–water partition coefficient (Wildman–Crippen LogP) is 3.15. The minimum Gasteiger partial charge on any atom is -0.342 e. The van der Waals surface area contributed by atoms with Crippen molar-refractivity contribution in [1.82, 2.24) is 9.55 Å². The van der Waals surface area contributed by atoms with Crippen molar-refractivity contribution >= 4 is 16.6 Å². The molecule has 0 saturated heterocycles. The topological polar surface area (TPSA) is 61.0 Å². The van der Waals surface area contributed by atoms with Gasteiger partial charge in [-0.05, 0) is 24.3 Å². The van der Waals surface area contributed by atoms with Crippen LogP contribution in [-0.4, -0.2) is 14.5 Å². The van der Waals surface area contributed by atoms with E-state index in [-0.39, 0.29) is 10.6 Å². The molecule has 0 atom stereocenters. The molecule has 0 unspecified atom stereocenters. The van der Waals surface area contributed by atoms with E-state index in [1.807, 2.05) is 35.9 Å². The van der Waals surface area contributed by atoms with E-state index in [1.54, 1.807) is 18.3 Å². The highest BCUT2D eigenvalue weighted by molar-refractivity contribution is 5.88. The smallest absolute Gasteiger partial charge is 0.270 e. The van der Waals surface area contributed by atoms with Crippen LogP contribution in [-0.2, 0) is 7.05 Å². The lowest BCUT2D eigenvalue weighted by molar-refractivity contribution is -0.384. The van der Waals surface area contributed by atoms with Crippen LogP contribution in [0.15, 0.2) is 48.7 Å². The second-order valence-electron chi connectivity index (χ2n) is 4.30. The second kappa shape index (κ2) is 4.20. The van der Waals surface area contributed by atoms with Crippen LogP contribution in [0.1, 0.15) is 0 Å². The molecule has 19 heavy (non-hydrogen) atoms. The summed E-state index contributed by atoms with van der Waals surface area (Å²) < 4.78 is 1.99. The summed E-state index contributed by atoms with van der Waals surface area (Å²) in [6.07, 6.45) is 1.73. The van der Waals surface area contributed by atoms with E-state index < -0.39 is 0 Å². The van der Waals surface area contributed by atoms with Gasteiger partial charge in [-0.3, -0.25) is 15.1 Å². The third-order valence-electron chi connectivity index (χ3n) is 3.16. The van der Waals surface area contributed by atoms with E-state index in [0.717, 1.165) is 22.3 Å². The molecule has 0 aliphatic rings. The summed E-state index contributed by atoms with van der Waals surface area (Å²) in [7, 11) is 1.93. The molecule has 5 nitrogen and oxygen atoms in total. The van der Waals surface area contributed by atoms with Gasteiger partial charge in [-0.15, -0.1) is 0 Å². The largest absolute Gasteiger partial charge is 0.342 e. The van der Waals surface area contributed by atoms with E-state index in [1.165, 1.54) is 6.07 Å². The summed E-state index contributed by atoms with van der Waals surface area (Å²) in [5.41, 5.74) is 2.84. The number of aryl methyl sites for hydroxylation is 1. The molecule has 0 amide bonds. The summed E-state index contributed by atoms with van der Waals surface area (Å²) in [4.78, 5) is 14.7. The Balaban J connectivity index is 2.23. The van der Waals surface area contributed by atoms with E-state index in [2.05, 4.69) is 4.98 Å². The van der Waals surface area contributed by atoms with Crippen molar-refractivity contribution in [3.8, 4) is 11.4 Å². The maximum Gasteiger partial charge on any atom is 0.270 e. The molecule has 0 N–H and O–H groups in total. The molecule has 0 spiro atoms. The summed E-state index contributed by atoms with van der Waals surface area (Å²) >= 11 is 0. The Bertz CT molecular complexity index is 763. The molecule has 5 heteroatoms. The van der Waals surface area contributed by atoms with Crippen molar-refractivity contribution in [1.29, 1.82) is 0 Å². The number of benzene rings is 1. The van der Waals surface area contributed by atoms with Gasteiger partial charge in [0, 0.05) is 36.3 Å². The highest BCUT2D eigenvalue weighted by atomic mass is 16.6. The van der Waals surface area contributed by atoms with Crippen molar-refractivity contribution < 1.29 is 4.92 Å². The fourth-order valence-electron chi connectivity index (χ4n) is 2.21. The van der Waals surface area contributed by atoms with Crippen LogP contribution in [0.4, 0.5) is 5.69 Å². The van der Waals surface area contributed by atoms with E-state index in [9.17, 15) is 10.1 Å². The first-order valence-corrected chi connectivity index (χ1v) is 5.82. The normalized spacial score (nSPS) is 10.8. The van der Waals surface area contributed by atoms with Crippen LogP contribution in [0, 0.1) is 10.1 Å². The molecule has 0 saturated carbocycles. The van der Waals surface area contributed by atoms with Gasteiger partial charge < -0.3 is 4.57 Å². The molecule has 3 rings (SSSR count). The summed E-state index contributed by atoms with van der Waals surface area (Å²) in [6.45, 7) is 0. The van der Waals surface area contributed by atoms with Gasteiger partial charge in [-0.1, -0.05) is 6.07 Å². The highest BCUT2D eigenvalue weighted by Crippen LogP contribution is 2.28. The van der Waals surface area contributed by atoms with Crippen LogP contribution >= 0.6 is 0 Å². The number of nitro benzene ring substituents is 1. The van der Waals surface area contributed by atoms with E-state index in [4.69, 9.17) is 0 Å². The maximum absolute atomic E-state index is 10.8. The molecule has 0 aliphatic carbocycles. The van der Waals surface area contributed by atoms with E-state index in [0.29, 0.717) is 0 Å². The molecule has 2 aromatic heterocycles. The fraction of sp³-hybridized carbons (Fsp3) is 0.0714. The van der Waals surface area contributed by atoms with Crippen LogP contribution in [0.5, 0.6) is 0 Å². The predicted molar refractivity (Wildman–Crippen MR) is 72.8 cm³/mol. The van der Waals surface area contributed by atoms with Crippen molar-refractivity contribution in [2.24, 2.45) is 7.05 Å². The summed E-state index contributed by atoms with van der Waals surface area (Å²) in [5, 5.41) is 11.6. The number of non-ortho nitro benzene ring substituents is 1. The Hall–Kier alpha value is -2.69. The average Bonchev–Trinajstić information content (AvgIpc) is 2.76. The monoisotopic (exact) mass is 253 g/mol. The number of pyridine rings is 1. The Kier molecular flexibility index (Phi) is 2.52. The number of nitro groups is 1. The number of hydrogen-bond acceptors (Lipinski definition) is 3. The van der Waals surface area contributed by atoms with Crippen LogP contribution < -0.4 is 0 Å². The number of rotatable bonds is 2. The lowest BCUT2D eigenvalue weighted by Crippen LogP contribution is -1.93. The van der Waals surface area contributed by atoms with Crippen molar-refractivity contribution in [3.63, 3.8) is 0 Å². The molecule has 0 radical (unpaired) electrons. The molecular weight excluding hydrogens is 242 g/mol. The minimum atomic E-state index is -0.382. The molecule has 3 aromatic rings. The van der Waals surface area contributed by atoms with Gasteiger partial charge in [-0.25, -0.2) is 0 Å². The Morgan fingerprint density at radius 2 is 2.05 bits per heavy atom. The zero-order valence-electron chi connectivity index (χ0n) is 10.3. The third kappa shape index (κ3) is 1.85. The number of fused-ring (bicyclic) bond motifs is 1. The maximum atomic E-state index is 10.8. The molecule has 2 heterocycles. The molecule has 0 fully saturated rings. The first-order chi connectivity index (χ1) is 9.16. The SMILES string of the molecule is Cn1c(-c2ccccn2)cc2cc([N+](=O)[O-])ccc21. The third-order valence-corrected chi connectivity index (χ3v) is 3.16. The Morgan fingerprint density at radius 3 is 2.74 bits per heavy atom. The average molecular weight is 253 g/mol. The first kappa shape index (κ1) is 11.4. The van der Waals surface area contributed by atoms with Gasteiger partial charge in [0.2, 0.25) is 0 Å². The molecule has 94 valence electrons. The first-order valence-electron chi connectivity index (χ1n) is 5.82. The van der Waals surface area contributed by atoms with Gasteiger partial charge in [0.15, 0.2) is 0 Å². The number of hydrogen-bond donors (Lipinski definition) is 0. The van der Waals surface area contributed by atoms with Gasteiger partial charge in [0.1, 0.15) is 0 Å². The molecule has 0 bridgehead atoms. The van der Waals surface area contributed by atoms with Gasteiger partial charge in [-0.2, -0.15) is 0 Å². The van der Waals surface area contributed by atoms with Crippen molar-refractivity contribution in [2.75, 3.05) is 0 Å². The van der Waals surface area contributed by atoms with Crippen LogP contribution in [0.2, 0.25) is 0 Å². The number of aromatic nitrogens is 2. The standard InChI is InChI=1S/C14H11N3O2/c1-16-13-6-5-11(17(18)19)8-10(13)9-14(16)12-4-2-3-7-15-12/h2-9H,1H3. The lowest BCUT2D eigenvalue weighted by atomic mass is 10.2. The second-order valence-corrected chi connectivity index (χ2v) is 4.30. The molecule has 0 aliphatic heterocycles. The summed E-state index contributed by atoms with van der Waals surface area (Å²) in [5.74, 6) is 0. The highest BCUT2D eigenvalue weighted by Gasteiger charge is 2.12. The zero-order chi connectivity index (χ0) is 13.4. The van der Waals surface area contributed by atoms with Crippen LogP contribution in [0.25, 0.3) is 22.3 Å². The lowest BCUT2D eigenvalue weighted by Gasteiger charge is -2.02. The molecular formula is C14H11N3O2. The fourth-order valence-corrected chi connectivity index (χ4v) is 2.21. The van der Waals surface area contributed by atoms with Gasteiger partial charge in [0.05, 0.1) is 16.3 Å². The van der Waals surface area contributed by atoms with Crippen molar-refractivity contribution in [2.45, 2.75) is 0 Å². The quantitative estimate of drug-likeness (QED) is 0.520. The summed E-state index contributed by atoms with van der Waals surface area (Å²) in [6, 6.07) is 12.5. The zero-order valence-corrected chi connectivity index (χ0v) is 10.3. The van der Waals surface area contributed by atoms with Gasteiger partial charge >= 0.3 is 0 Å². The Labute approximate surface area is 109 Å². The van der Waals surface area contributed by atoms with E-state index >= 15 is 0 Å². The van der Waals surface area contributed by atoms with Crippen LogP contribution in [0.3, 0.4) is 0 Å².